The number of hydrogen-bond donors (Lipinski definition) is 2. The lowest BCUT2D eigenvalue weighted by Crippen LogP contribution is -2.42. The zero-order valence-electron chi connectivity index (χ0n) is 15.9. The molecular formula is C22H24FN3O2. The van der Waals surface area contributed by atoms with E-state index in [4.69, 9.17) is 4.74 Å². The van der Waals surface area contributed by atoms with Gasteiger partial charge in [0.25, 0.3) is 0 Å². The molecule has 3 atom stereocenters. The lowest BCUT2D eigenvalue weighted by atomic mass is 10.1. The lowest BCUT2D eigenvalue weighted by molar-refractivity contribution is -0.116. The fraction of sp³-hybridized carbons (Fsp3) is 0.409. The van der Waals surface area contributed by atoms with E-state index in [1.165, 1.54) is 6.07 Å². The summed E-state index contributed by atoms with van der Waals surface area (Å²) >= 11 is 0. The topological polar surface area (TPSA) is 53.6 Å². The van der Waals surface area contributed by atoms with Crippen LogP contribution in [0.5, 0.6) is 0 Å². The van der Waals surface area contributed by atoms with Gasteiger partial charge in [-0.15, -0.1) is 0 Å². The fourth-order valence-electron chi connectivity index (χ4n) is 4.56. The maximum atomic E-state index is 14.1. The van der Waals surface area contributed by atoms with Crippen LogP contribution < -0.4 is 15.5 Å². The SMILES string of the molecule is Cc1ccc(F)c2c1NC(C(=O)Nc1cccc(N3CC4CCC(C3)O4)c1)C2. The van der Waals surface area contributed by atoms with Gasteiger partial charge in [0.15, 0.2) is 0 Å². The molecular weight excluding hydrogens is 357 g/mol. The molecule has 2 fully saturated rings. The molecule has 2 aromatic rings. The lowest BCUT2D eigenvalue weighted by Gasteiger charge is -2.34. The molecule has 2 aromatic carbocycles. The Balaban J connectivity index is 1.29. The summed E-state index contributed by atoms with van der Waals surface area (Å²) in [7, 11) is 0. The summed E-state index contributed by atoms with van der Waals surface area (Å²) in [6.45, 7) is 3.71. The molecule has 28 heavy (non-hydrogen) atoms. The van der Waals surface area contributed by atoms with Gasteiger partial charge in [-0.05, 0) is 49.6 Å². The Morgan fingerprint density at radius 2 is 2.00 bits per heavy atom. The van der Waals surface area contributed by atoms with Crippen LogP contribution in [0.2, 0.25) is 0 Å². The average molecular weight is 381 g/mol. The number of carbonyl (C=O) groups is 1. The Bertz CT molecular complexity index is 889. The Morgan fingerprint density at radius 3 is 2.75 bits per heavy atom. The van der Waals surface area contributed by atoms with Crippen molar-refractivity contribution in [3.8, 4) is 0 Å². The van der Waals surface area contributed by atoms with Crippen LogP contribution in [0.3, 0.4) is 0 Å². The molecule has 0 saturated carbocycles. The molecule has 2 bridgehead atoms. The summed E-state index contributed by atoms with van der Waals surface area (Å²) < 4.78 is 20.0. The summed E-state index contributed by atoms with van der Waals surface area (Å²) in [5, 5.41) is 6.18. The van der Waals surface area contributed by atoms with Crippen molar-refractivity contribution >= 4 is 23.0 Å². The van der Waals surface area contributed by atoms with Crippen molar-refractivity contribution in [2.75, 3.05) is 28.6 Å². The second-order valence-electron chi connectivity index (χ2n) is 8.02. The van der Waals surface area contributed by atoms with Gasteiger partial charge >= 0.3 is 0 Å². The van der Waals surface area contributed by atoms with Crippen LogP contribution >= 0.6 is 0 Å². The van der Waals surface area contributed by atoms with Crippen molar-refractivity contribution in [1.29, 1.82) is 0 Å². The van der Waals surface area contributed by atoms with Crippen LogP contribution in [0.25, 0.3) is 0 Å². The minimum atomic E-state index is -0.464. The first-order chi connectivity index (χ1) is 13.6. The largest absolute Gasteiger partial charge is 0.373 e. The third-order valence-electron chi connectivity index (χ3n) is 6.03. The number of halogens is 1. The minimum absolute atomic E-state index is 0.144. The summed E-state index contributed by atoms with van der Waals surface area (Å²) in [5.41, 5.74) is 4.16. The van der Waals surface area contributed by atoms with E-state index in [0.717, 1.165) is 48.6 Å². The molecule has 2 saturated heterocycles. The molecule has 0 spiro atoms. The second kappa shape index (κ2) is 6.78. The number of morpholine rings is 1. The Morgan fingerprint density at radius 1 is 1.21 bits per heavy atom. The molecule has 0 radical (unpaired) electrons. The average Bonchev–Trinajstić information content (AvgIpc) is 3.29. The molecule has 0 aliphatic carbocycles. The van der Waals surface area contributed by atoms with Gasteiger partial charge in [0.2, 0.25) is 5.91 Å². The number of benzene rings is 2. The number of carbonyl (C=O) groups excluding carboxylic acids is 1. The number of aryl methyl sites for hydroxylation is 1. The summed E-state index contributed by atoms with van der Waals surface area (Å²) in [6.07, 6.45) is 3.25. The van der Waals surface area contributed by atoms with Crippen LogP contribution in [-0.2, 0) is 16.0 Å². The number of hydrogen-bond acceptors (Lipinski definition) is 4. The molecule has 3 aliphatic rings. The predicted molar refractivity (Wildman–Crippen MR) is 107 cm³/mol. The van der Waals surface area contributed by atoms with Gasteiger partial charge in [-0.3, -0.25) is 4.79 Å². The Hall–Kier alpha value is -2.60. The van der Waals surface area contributed by atoms with Gasteiger partial charge in [-0.1, -0.05) is 12.1 Å². The maximum absolute atomic E-state index is 14.1. The third kappa shape index (κ3) is 3.11. The highest BCUT2D eigenvalue weighted by atomic mass is 19.1. The first-order valence-electron chi connectivity index (χ1n) is 9.92. The first-order valence-corrected chi connectivity index (χ1v) is 9.92. The van der Waals surface area contributed by atoms with Gasteiger partial charge in [-0.25, -0.2) is 4.39 Å². The van der Waals surface area contributed by atoms with Crippen molar-refractivity contribution in [3.05, 3.63) is 53.3 Å². The van der Waals surface area contributed by atoms with Gasteiger partial charge in [0.05, 0.1) is 12.2 Å². The predicted octanol–water partition coefficient (Wildman–Crippen LogP) is 3.48. The van der Waals surface area contributed by atoms with Gasteiger partial charge in [0, 0.05) is 42.1 Å². The number of nitrogens with zero attached hydrogens (tertiary/aromatic N) is 1. The normalized spacial score (nSPS) is 25.4. The minimum Gasteiger partial charge on any atom is -0.373 e. The number of anilines is 3. The smallest absolute Gasteiger partial charge is 0.247 e. The van der Waals surface area contributed by atoms with E-state index in [1.54, 1.807) is 6.07 Å². The van der Waals surface area contributed by atoms with E-state index >= 15 is 0 Å². The first kappa shape index (κ1) is 17.5. The van der Waals surface area contributed by atoms with Gasteiger partial charge < -0.3 is 20.3 Å². The number of amides is 1. The van der Waals surface area contributed by atoms with Crippen LogP contribution in [0, 0.1) is 12.7 Å². The molecule has 3 heterocycles. The number of rotatable bonds is 3. The molecule has 5 rings (SSSR count). The van der Waals surface area contributed by atoms with E-state index in [-0.39, 0.29) is 11.7 Å². The number of fused-ring (bicyclic) bond motifs is 3. The molecule has 5 nitrogen and oxygen atoms in total. The van der Waals surface area contributed by atoms with Crippen LogP contribution in [0.1, 0.15) is 24.0 Å². The van der Waals surface area contributed by atoms with Crippen molar-refractivity contribution in [1.82, 2.24) is 0 Å². The maximum Gasteiger partial charge on any atom is 0.247 e. The molecule has 6 heteroatoms. The van der Waals surface area contributed by atoms with Crippen molar-refractivity contribution in [2.24, 2.45) is 0 Å². The Kier molecular flexibility index (Phi) is 4.23. The summed E-state index contributed by atoms with van der Waals surface area (Å²) in [5.74, 6) is -0.401. The monoisotopic (exact) mass is 381 g/mol. The number of ether oxygens (including phenoxy) is 1. The van der Waals surface area contributed by atoms with E-state index in [1.807, 2.05) is 25.1 Å². The molecule has 3 unspecified atom stereocenters. The van der Waals surface area contributed by atoms with Crippen molar-refractivity contribution in [2.45, 2.75) is 44.4 Å². The van der Waals surface area contributed by atoms with Gasteiger partial charge in [-0.2, -0.15) is 0 Å². The van der Waals surface area contributed by atoms with E-state index in [2.05, 4.69) is 21.6 Å². The van der Waals surface area contributed by atoms with Crippen LogP contribution in [0.4, 0.5) is 21.5 Å². The highest BCUT2D eigenvalue weighted by Crippen LogP contribution is 2.33. The quantitative estimate of drug-likeness (QED) is 0.855. The molecule has 3 aliphatic heterocycles. The van der Waals surface area contributed by atoms with E-state index in [9.17, 15) is 9.18 Å². The van der Waals surface area contributed by atoms with Crippen molar-refractivity contribution < 1.29 is 13.9 Å². The molecule has 1 amide bonds. The highest BCUT2D eigenvalue weighted by Gasteiger charge is 2.34. The summed E-state index contributed by atoms with van der Waals surface area (Å²) in [4.78, 5) is 15.1. The third-order valence-corrected chi connectivity index (χ3v) is 6.03. The molecule has 2 N–H and O–H groups in total. The standard InChI is InChI=1S/C22H24FN3O2/c1-13-5-8-19(23)18-10-20(25-21(13)18)22(27)24-14-3-2-4-15(9-14)26-11-16-6-7-17(12-26)28-16/h2-5,8-9,16-17,20,25H,6-7,10-12H2,1H3,(H,24,27). The van der Waals surface area contributed by atoms with Crippen molar-refractivity contribution in [3.63, 3.8) is 0 Å². The molecule has 0 aromatic heterocycles. The zero-order chi connectivity index (χ0) is 19.3. The second-order valence-corrected chi connectivity index (χ2v) is 8.02. The molecule has 146 valence electrons. The fourth-order valence-corrected chi connectivity index (χ4v) is 4.56. The van der Waals surface area contributed by atoms with E-state index in [0.29, 0.717) is 24.2 Å². The Labute approximate surface area is 163 Å². The highest BCUT2D eigenvalue weighted by molar-refractivity contribution is 5.98. The van der Waals surface area contributed by atoms with E-state index < -0.39 is 6.04 Å². The van der Waals surface area contributed by atoms with Gasteiger partial charge in [0.1, 0.15) is 11.9 Å². The summed E-state index contributed by atoms with van der Waals surface area (Å²) in [6, 6.07) is 10.7. The van der Waals surface area contributed by atoms with Crippen LogP contribution in [0.15, 0.2) is 36.4 Å². The zero-order valence-corrected chi connectivity index (χ0v) is 15.9. The van der Waals surface area contributed by atoms with Crippen LogP contribution in [-0.4, -0.2) is 37.2 Å². The number of nitrogens with one attached hydrogen (secondary N) is 2.